The standard InChI is InChI=1S/C25H30N6O2/c1-16-12-21(13-17(2)27-16)31-14-19-6-7-20(15-31)24(19)28-22(32)4-3-5-23-29-25(30-33-23)18-8-10-26-11-9-18/h8-13,19-20,24H,3-7,14-15H2,1-2H3,(H,28,32)/t19-,20+,24?. The van der Waals surface area contributed by atoms with Gasteiger partial charge in [-0.15, -0.1) is 0 Å². The van der Waals surface area contributed by atoms with Crippen molar-refractivity contribution in [2.75, 3.05) is 18.0 Å². The molecular weight excluding hydrogens is 416 g/mol. The number of fused-ring (bicyclic) bond motifs is 2. The van der Waals surface area contributed by atoms with Crippen LogP contribution in [0.4, 0.5) is 5.69 Å². The lowest BCUT2D eigenvalue weighted by Gasteiger charge is -2.39. The fourth-order valence-corrected chi connectivity index (χ4v) is 5.30. The van der Waals surface area contributed by atoms with Crippen molar-refractivity contribution in [3.63, 3.8) is 0 Å². The summed E-state index contributed by atoms with van der Waals surface area (Å²) in [6.07, 6.45) is 7.50. The second-order valence-corrected chi connectivity index (χ2v) is 9.31. The molecule has 33 heavy (non-hydrogen) atoms. The number of nitrogens with one attached hydrogen (secondary N) is 1. The van der Waals surface area contributed by atoms with E-state index in [9.17, 15) is 4.79 Å². The van der Waals surface area contributed by atoms with Crippen LogP contribution in [0, 0.1) is 25.7 Å². The molecule has 4 heterocycles. The summed E-state index contributed by atoms with van der Waals surface area (Å²) in [6, 6.07) is 8.31. The molecular formula is C25H30N6O2. The molecule has 8 heteroatoms. The molecule has 1 aliphatic heterocycles. The fraction of sp³-hybridized carbons (Fsp3) is 0.480. The van der Waals surface area contributed by atoms with Crippen LogP contribution in [-0.4, -0.2) is 45.1 Å². The molecule has 2 aliphatic rings. The summed E-state index contributed by atoms with van der Waals surface area (Å²) in [5, 5.41) is 7.37. The number of amides is 1. The van der Waals surface area contributed by atoms with E-state index in [0.29, 0.717) is 42.8 Å². The molecule has 2 bridgehead atoms. The highest BCUT2D eigenvalue weighted by molar-refractivity contribution is 5.76. The quantitative estimate of drug-likeness (QED) is 0.593. The third kappa shape index (κ3) is 4.89. The summed E-state index contributed by atoms with van der Waals surface area (Å²) >= 11 is 0. The Morgan fingerprint density at radius 2 is 1.79 bits per heavy atom. The van der Waals surface area contributed by atoms with Gasteiger partial charge in [-0.25, -0.2) is 0 Å². The lowest BCUT2D eigenvalue weighted by atomic mass is 9.91. The van der Waals surface area contributed by atoms with Gasteiger partial charge in [-0.1, -0.05) is 5.16 Å². The van der Waals surface area contributed by atoms with E-state index in [0.717, 1.165) is 30.0 Å². The lowest BCUT2D eigenvalue weighted by Crippen LogP contribution is -2.52. The molecule has 0 spiro atoms. The first-order valence-corrected chi connectivity index (χ1v) is 11.8. The Labute approximate surface area is 193 Å². The summed E-state index contributed by atoms with van der Waals surface area (Å²) in [6.45, 7) is 6.08. The Hall–Kier alpha value is -3.29. The molecule has 3 aromatic heterocycles. The summed E-state index contributed by atoms with van der Waals surface area (Å²) in [7, 11) is 0. The van der Waals surface area contributed by atoms with E-state index in [4.69, 9.17) is 4.52 Å². The van der Waals surface area contributed by atoms with Gasteiger partial charge in [-0.05, 0) is 69.2 Å². The minimum absolute atomic E-state index is 0.120. The molecule has 3 aromatic rings. The second-order valence-electron chi connectivity index (χ2n) is 9.31. The number of carbonyl (C=O) groups excluding carboxylic acids is 1. The number of nitrogens with zero attached hydrogens (tertiary/aromatic N) is 5. The zero-order valence-electron chi connectivity index (χ0n) is 19.2. The van der Waals surface area contributed by atoms with Gasteiger partial charge in [0.25, 0.3) is 0 Å². The molecule has 172 valence electrons. The number of anilines is 1. The largest absolute Gasteiger partial charge is 0.371 e. The van der Waals surface area contributed by atoms with Crippen molar-refractivity contribution >= 4 is 11.6 Å². The van der Waals surface area contributed by atoms with Gasteiger partial charge < -0.3 is 14.7 Å². The van der Waals surface area contributed by atoms with Gasteiger partial charge in [0.2, 0.25) is 17.6 Å². The highest BCUT2D eigenvalue weighted by Gasteiger charge is 2.42. The molecule has 0 radical (unpaired) electrons. The molecule has 1 aliphatic carbocycles. The Balaban J connectivity index is 1.11. The van der Waals surface area contributed by atoms with Crippen LogP contribution in [0.5, 0.6) is 0 Å². The first-order valence-electron chi connectivity index (χ1n) is 11.8. The Morgan fingerprint density at radius 1 is 1.09 bits per heavy atom. The van der Waals surface area contributed by atoms with E-state index in [2.05, 4.69) is 42.5 Å². The smallest absolute Gasteiger partial charge is 0.226 e. The number of aryl methyl sites for hydroxylation is 3. The molecule has 2 fully saturated rings. The van der Waals surface area contributed by atoms with Crippen molar-refractivity contribution in [2.24, 2.45) is 11.8 Å². The number of rotatable bonds is 7. The highest BCUT2D eigenvalue weighted by atomic mass is 16.5. The van der Waals surface area contributed by atoms with Crippen LogP contribution < -0.4 is 10.2 Å². The van der Waals surface area contributed by atoms with Crippen LogP contribution in [-0.2, 0) is 11.2 Å². The average Bonchev–Trinajstić information content (AvgIpc) is 3.34. The molecule has 1 saturated heterocycles. The van der Waals surface area contributed by atoms with E-state index >= 15 is 0 Å². The zero-order valence-corrected chi connectivity index (χ0v) is 19.2. The number of hydrogen-bond acceptors (Lipinski definition) is 7. The van der Waals surface area contributed by atoms with E-state index in [1.807, 2.05) is 26.0 Å². The van der Waals surface area contributed by atoms with Crippen molar-refractivity contribution in [3.05, 3.63) is 53.9 Å². The SMILES string of the molecule is Cc1cc(N2C[C@H]3CC[C@@H](C2)C3NC(=O)CCCc2nc(-c3ccncc3)no2)cc(C)n1. The van der Waals surface area contributed by atoms with Crippen molar-refractivity contribution in [3.8, 4) is 11.4 Å². The molecule has 3 atom stereocenters. The van der Waals surface area contributed by atoms with Crippen LogP contribution in [0.3, 0.4) is 0 Å². The molecule has 8 nitrogen and oxygen atoms in total. The predicted molar refractivity (Wildman–Crippen MR) is 125 cm³/mol. The summed E-state index contributed by atoms with van der Waals surface area (Å²) in [5.74, 6) is 2.24. The Kier molecular flexibility index (Phi) is 6.07. The van der Waals surface area contributed by atoms with Crippen molar-refractivity contribution in [1.82, 2.24) is 25.4 Å². The van der Waals surface area contributed by atoms with E-state index < -0.39 is 0 Å². The number of aromatic nitrogens is 4. The van der Waals surface area contributed by atoms with Crippen LogP contribution in [0.25, 0.3) is 11.4 Å². The minimum atomic E-state index is 0.120. The summed E-state index contributed by atoms with van der Waals surface area (Å²) in [5.41, 5.74) is 4.24. The fourth-order valence-electron chi connectivity index (χ4n) is 5.30. The van der Waals surface area contributed by atoms with E-state index in [-0.39, 0.29) is 11.9 Å². The lowest BCUT2D eigenvalue weighted by molar-refractivity contribution is -0.122. The second kappa shape index (κ2) is 9.29. The van der Waals surface area contributed by atoms with Gasteiger partial charge in [0.05, 0.1) is 0 Å². The molecule has 1 saturated carbocycles. The maximum atomic E-state index is 12.7. The van der Waals surface area contributed by atoms with Crippen LogP contribution in [0.1, 0.15) is 43.0 Å². The van der Waals surface area contributed by atoms with Gasteiger partial charge in [0, 0.05) is 67.0 Å². The predicted octanol–water partition coefficient (Wildman–Crippen LogP) is 3.50. The zero-order chi connectivity index (χ0) is 22.8. The van der Waals surface area contributed by atoms with Gasteiger partial charge in [0.1, 0.15) is 0 Å². The monoisotopic (exact) mass is 446 g/mol. The topological polar surface area (TPSA) is 97.0 Å². The van der Waals surface area contributed by atoms with Gasteiger partial charge >= 0.3 is 0 Å². The minimum Gasteiger partial charge on any atom is -0.371 e. The Bertz CT molecular complexity index is 1080. The third-order valence-electron chi connectivity index (χ3n) is 6.79. The van der Waals surface area contributed by atoms with E-state index in [1.165, 1.54) is 18.5 Å². The van der Waals surface area contributed by atoms with Gasteiger partial charge in [-0.2, -0.15) is 4.98 Å². The number of carbonyl (C=O) groups is 1. The number of piperidine rings is 1. The van der Waals surface area contributed by atoms with E-state index in [1.54, 1.807) is 12.4 Å². The molecule has 1 unspecified atom stereocenters. The number of hydrogen-bond donors (Lipinski definition) is 1. The molecule has 1 amide bonds. The maximum absolute atomic E-state index is 12.7. The first-order chi connectivity index (χ1) is 16.0. The van der Waals surface area contributed by atoms with Crippen LogP contribution in [0.15, 0.2) is 41.2 Å². The molecule has 1 N–H and O–H groups in total. The summed E-state index contributed by atoms with van der Waals surface area (Å²) < 4.78 is 5.34. The Morgan fingerprint density at radius 3 is 2.48 bits per heavy atom. The van der Waals surface area contributed by atoms with Crippen LogP contribution in [0.2, 0.25) is 0 Å². The average molecular weight is 447 g/mol. The normalized spacial score (nSPS) is 21.9. The number of pyridine rings is 2. The van der Waals surface area contributed by atoms with Crippen molar-refractivity contribution in [2.45, 2.75) is 52.0 Å². The highest BCUT2D eigenvalue weighted by Crippen LogP contribution is 2.39. The van der Waals surface area contributed by atoms with Gasteiger partial charge in [0.15, 0.2) is 0 Å². The van der Waals surface area contributed by atoms with Crippen molar-refractivity contribution < 1.29 is 9.32 Å². The maximum Gasteiger partial charge on any atom is 0.226 e. The summed E-state index contributed by atoms with van der Waals surface area (Å²) in [4.78, 5) is 28.1. The van der Waals surface area contributed by atoms with Gasteiger partial charge in [-0.3, -0.25) is 14.8 Å². The first kappa shape index (κ1) is 21.6. The third-order valence-corrected chi connectivity index (χ3v) is 6.79. The van der Waals surface area contributed by atoms with Crippen LogP contribution >= 0.6 is 0 Å². The molecule has 5 rings (SSSR count). The molecule has 0 aromatic carbocycles. The van der Waals surface area contributed by atoms with Crippen molar-refractivity contribution in [1.29, 1.82) is 0 Å².